The van der Waals surface area contributed by atoms with Crippen molar-refractivity contribution in [3.8, 4) is 5.75 Å². The van der Waals surface area contributed by atoms with E-state index in [-0.39, 0.29) is 5.91 Å². The zero-order valence-electron chi connectivity index (χ0n) is 14.5. The molecule has 0 radical (unpaired) electrons. The van der Waals surface area contributed by atoms with Crippen LogP contribution >= 0.6 is 23.2 Å². The van der Waals surface area contributed by atoms with Gasteiger partial charge in [0.05, 0.1) is 16.7 Å². The first-order chi connectivity index (χ1) is 13.0. The van der Waals surface area contributed by atoms with Crippen LogP contribution in [0.3, 0.4) is 0 Å². The van der Waals surface area contributed by atoms with Gasteiger partial charge in [-0.25, -0.2) is 0 Å². The van der Waals surface area contributed by atoms with Crippen LogP contribution in [-0.2, 0) is 21.5 Å². The van der Waals surface area contributed by atoms with Gasteiger partial charge >= 0.3 is 0 Å². The molecule has 27 heavy (non-hydrogen) atoms. The molecule has 2 aromatic rings. The molecule has 0 unspecified atom stereocenters. The van der Waals surface area contributed by atoms with Crippen LogP contribution in [0.1, 0.15) is 24.8 Å². The fraction of sp³-hybridized carbons (Fsp3) is 0.263. The standard InChI is InChI=1S/C13H15NO4S.C6H4Cl2/c15-13-6-3-10-9-11(4-5-12(10)14-13)18-7-1-2-8-19(16)17;7-5-3-1-2-4-6(5)8/h4-5,8-9H,1-3,6-7H2,(H,14,15);1-4H. The summed E-state index contributed by atoms with van der Waals surface area (Å²) in [5.41, 5.74) is 1.92. The maximum atomic E-state index is 11.2. The minimum absolute atomic E-state index is 0.0438. The maximum absolute atomic E-state index is 11.2. The second-order valence-corrected chi connectivity index (χ2v) is 7.37. The highest BCUT2D eigenvalue weighted by molar-refractivity contribution is 7.71. The number of nitrogens with one attached hydrogen (secondary N) is 1. The largest absolute Gasteiger partial charge is 0.494 e. The average Bonchev–Trinajstić information content (AvgIpc) is 2.64. The average molecular weight is 428 g/mol. The lowest BCUT2D eigenvalue weighted by Gasteiger charge is -2.17. The summed E-state index contributed by atoms with van der Waals surface area (Å²) < 4.78 is 26.1. The van der Waals surface area contributed by atoms with Crippen molar-refractivity contribution in [1.29, 1.82) is 0 Å². The lowest BCUT2D eigenvalue weighted by molar-refractivity contribution is -0.116. The molecule has 0 atom stereocenters. The van der Waals surface area contributed by atoms with E-state index >= 15 is 0 Å². The first-order valence-electron chi connectivity index (χ1n) is 8.32. The minimum atomic E-state index is -2.09. The van der Waals surface area contributed by atoms with Gasteiger partial charge in [0, 0.05) is 17.5 Å². The molecule has 1 aliphatic rings. The number of carbonyl (C=O) groups excluding carboxylic acids is 1. The number of amides is 1. The SMILES string of the molecule is Clc1ccccc1Cl.O=C1CCc2cc(OCCCC=S(=O)=O)ccc2N1. The molecule has 5 nitrogen and oxygen atoms in total. The summed E-state index contributed by atoms with van der Waals surface area (Å²) >= 11 is 11.2. The number of fused-ring (bicyclic) bond motifs is 1. The van der Waals surface area contributed by atoms with Crippen molar-refractivity contribution in [2.45, 2.75) is 25.7 Å². The fourth-order valence-electron chi connectivity index (χ4n) is 2.34. The Bertz CT molecular complexity index is 900. The Labute approximate surface area is 169 Å². The molecule has 0 bridgehead atoms. The van der Waals surface area contributed by atoms with Crippen LogP contribution < -0.4 is 10.1 Å². The van der Waals surface area contributed by atoms with Crippen molar-refractivity contribution in [2.75, 3.05) is 11.9 Å². The predicted molar refractivity (Wildman–Crippen MR) is 110 cm³/mol. The third-order valence-electron chi connectivity index (χ3n) is 3.67. The van der Waals surface area contributed by atoms with Gasteiger partial charge in [-0.1, -0.05) is 35.3 Å². The lowest BCUT2D eigenvalue weighted by atomic mass is 10.0. The summed E-state index contributed by atoms with van der Waals surface area (Å²) in [6.45, 7) is 0.471. The van der Waals surface area contributed by atoms with E-state index < -0.39 is 10.3 Å². The van der Waals surface area contributed by atoms with E-state index in [0.717, 1.165) is 23.4 Å². The van der Waals surface area contributed by atoms with Crippen LogP contribution in [0, 0.1) is 0 Å². The van der Waals surface area contributed by atoms with Gasteiger partial charge in [0.25, 0.3) is 0 Å². The van der Waals surface area contributed by atoms with E-state index in [9.17, 15) is 13.2 Å². The number of carbonyl (C=O) groups is 1. The molecule has 3 rings (SSSR count). The van der Waals surface area contributed by atoms with Gasteiger partial charge in [-0.15, -0.1) is 0 Å². The third-order valence-corrected chi connectivity index (χ3v) is 4.93. The number of rotatable bonds is 5. The van der Waals surface area contributed by atoms with Crippen molar-refractivity contribution in [3.63, 3.8) is 0 Å². The highest BCUT2D eigenvalue weighted by atomic mass is 35.5. The molecule has 2 aromatic carbocycles. The topological polar surface area (TPSA) is 72.5 Å². The molecule has 144 valence electrons. The van der Waals surface area contributed by atoms with Crippen LogP contribution in [0.25, 0.3) is 0 Å². The Balaban J connectivity index is 0.000000273. The van der Waals surface area contributed by atoms with E-state index in [1.165, 1.54) is 5.37 Å². The van der Waals surface area contributed by atoms with Crippen LogP contribution in [0.2, 0.25) is 10.0 Å². The maximum Gasteiger partial charge on any atom is 0.224 e. The predicted octanol–water partition coefficient (Wildman–Crippen LogP) is 4.41. The number of benzene rings is 2. The molecule has 8 heteroatoms. The van der Waals surface area contributed by atoms with Crippen LogP contribution in [-0.4, -0.2) is 26.3 Å². The molecule has 0 aliphatic carbocycles. The van der Waals surface area contributed by atoms with Crippen molar-refractivity contribution in [3.05, 3.63) is 58.1 Å². The number of halogens is 2. The zero-order valence-corrected chi connectivity index (χ0v) is 16.8. The molecular formula is C19H19Cl2NO4S. The zero-order chi connectivity index (χ0) is 19.6. The quantitative estimate of drug-likeness (QED) is 0.566. The molecule has 1 aliphatic heterocycles. The van der Waals surface area contributed by atoms with E-state index in [0.29, 0.717) is 35.9 Å². The van der Waals surface area contributed by atoms with E-state index in [2.05, 4.69) is 5.32 Å². The normalized spacial score (nSPS) is 12.1. The monoisotopic (exact) mass is 427 g/mol. The van der Waals surface area contributed by atoms with Gasteiger partial charge in [-0.05, 0) is 55.2 Å². The van der Waals surface area contributed by atoms with Crippen LogP contribution in [0.15, 0.2) is 42.5 Å². The smallest absolute Gasteiger partial charge is 0.224 e. The van der Waals surface area contributed by atoms with Crippen molar-refractivity contribution in [1.82, 2.24) is 0 Å². The molecule has 1 N–H and O–H groups in total. The number of aryl methyl sites for hydroxylation is 1. The molecule has 0 fully saturated rings. The lowest BCUT2D eigenvalue weighted by Crippen LogP contribution is -2.18. The van der Waals surface area contributed by atoms with Crippen molar-refractivity contribution >= 4 is 50.5 Å². The van der Waals surface area contributed by atoms with Crippen LogP contribution in [0.5, 0.6) is 5.75 Å². The summed E-state index contributed by atoms with van der Waals surface area (Å²) in [4.78, 5) is 11.2. The van der Waals surface area contributed by atoms with Crippen molar-refractivity contribution in [2.24, 2.45) is 0 Å². The summed E-state index contributed by atoms with van der Waals surface area (Å²) in [6.07, 6.45) is 2.36. The summed E-state index contributed by atoms with van der Waals surface area (Å²) in [5.74, 6) is 0.792. The fourth-order valence-corrected chi connectivity index (χ4v) is 2.97. The molecule has 0 saturated carbocycles. The molecule has 0 spiro atoms. The van der Waals surface area contributed by atoms with Gasteiger partial charge in [0.15, 0.2) is 0 Å². The minimum Gasteiger partial charge on any atom is -0.494 e. The Morgan fingerprint density at radius 3 is 2.41 bits per heavy atom. The summed E-state index contributed by atoms with van der Waals surface area (Å²) in [6, 6.07) is 12.8. The second-order valence-electron chi connectivity index (χ2n) is 5.70. The van der Waals surface area contributed by atoms with Crippen LogP contribution in [0.4, 0.5) is 5.69 Å². The molecule has 0 aromatic heterocycles. The number of hydrogen-bond acceptors (Lipinski definition) is 4. The van der Waals surface area contributed by atoms with Crippen molar-refractivity contribution < 1.29 is 17.9 Å². The Hall–Kier alpha value is -2.02. The van der Waals surface area contributed by atoms with Gasteiger partial charge in [-0.3, -0.25) is 4.79 Å². The number of hydrogen-bond donors (Lipinski definition) is 1. The summed E-state index contributed by atoms with van der Waals surface area (Å²) in [7, 11) is -2.09. The van der Waals surface area contributed by atoms with Gasteiger partial charge in [-0.2, -0.15) is 8.42 Å². The highest BCUT2D eigenvalue weighted by Crippen LogP contribution is 2.26. The molecule has 1 amide bonds. The van der Waals surface area contributed by atoms with Gasteiger partial charge in [0.1, 0.15) is 5.75 Å². The molecule has 1 heterocycles. The highest BCUT2D eigenvalue weighted by Gasteiger charge is 2.14. The molecular weight excluding hydrogens is 409 g/mol. The third kappa shape index (κ3) is 7.62. The van der Waals surface area contributed by atoms with E-state index in [1.54, 1.807) is 18.2 Å². The van der Waals surface area contributed by atoms with E-state index in [1.807, 2.05) is 24.3 Å². The Morgan fingerprint density at radius 2 is 1.78 bits per heavy atom. The Kier molecular flexibility index (Phi) is 8.64. The van der Waals surface area contributed by atoms with Gasteiger partial charge < -0.3 is 10.1 Å². The van der Waals surface area contributed by atoms with E-state index in [4.69, 9.17) is 27.9 Å². The first-order valence-corrected chi connectivity index (χ1v) is 10.2. The molecule has 0 saturated heterocycles. The second kappa shape index (κ2) is 11.0. The van der Waals surface area contributed by atoms with Gasteiger partial charge in [0.2, 0.25) is 16.2 Å². The Morgan fingerprint density at radius 1 is 1.07 bits per heavy atom. The number of unbranched alkanes of at least 4 members (excludes halogenated alkanes) is 1. The first kappa shape index (κ1) is 21.3. The number of anilines is 1. The summed E-state index contributed by atoms with van der Waals surface area (Å²) in [5, 5.41) is 5.25. The number of ether oxygens (including phenoxy) is 1.